The van der Waals surface area contributed by atoms with E-state index >= 15 is 0 Å². The molecule has 0 radical (unpaired) electrons. The van der Waals surface area contributed by atoms with Crippen LogP contribution in [0.25, 0.3) is 11.1 Å². The van der Waals surface area contributed by atoms with Gasteiger partial charge in [0.05, 0.1) is 11.2 Å². The average molecular weight is 286 g/mol. The van der Waals surface area contributed by atoms with E-state index in [9.17, 15) is 4.79 Å². The summed E-state index contributed by atoms with van der Waals surface area (Å²) in [6.07, 6.45) is 6.59. The Morgan fingerprint density at radius 3 is 2.81 bits per heavy atom. The summed E-state index contributed by atoms with van der Waals surface area (Å²) in [5.41, 5.74) is 6.98. The molecule has 2 fully saturated rings. The van der Waals surface area contributed by atoms with E-state index in [2.05, 4.69) is 4.98 Å². The number of benzene rings is 1. The van der Waals surface area contributed by atoms with Gasteiger partial charge in [-0.05, 0) is 50.7 Å². The molecule has 5 nitrogen and oxygen atoms in total. The van der Waals surface area contributed by atoms with E-state index in [1.807, 2.05) is 0 Å². The molecule has 2 aromatic rings. The first-order chi connectivity index (χ1) is 10.2. The smallest absolute Gasteiger partial charge is 0.251 e. The molecule has 1 saturated heterocycles. The number of amides is 1. The molecule has 1 saturated carbocycles. The first-order valence-electron chi connectivity index (χ1n) is 7.54. The number of carbonyl (C=O) groups excluding carboxylic acids is 1. The first-order valence-corrected chi connectivity index (χ1v) is 7.54. The van der Waals surface area contributed by atoms with Crippen molar-refractivity contribution in [3.05, 3.63) is 29.7 Å². The molecule has 2 N–H and O–H groups in total. The molecule has 1 aromatic heterocycles. The number of aromatic nitrogens is 1. The normalized spacial score (nSPS) is 24.1. The van der Waals surface area contributed by atoms with E-state index in [0.29, 0.717) is 22.6 Å². The van der Waals surface area contributed by atoms with Gasteiger partial charge in [-0.25, -0.2) is 4.98 Å². The first kappa shape index (κ1) is 12.8. The molecular weight excluding hydrogens is 268 g/mol. The predicted molar refractivity (Wildman–Crippen MR) is 76.8 cm³/mol. The van der Waals surface area contributed by atoms with Gasteiger partial charge in [0.1, 0.15) is 11.6 Å². The Morgan fingerprint density at radius 2 is 2.10 bits per heavy atom. The predicted octanol–water partition coefficient (Wildman–Crippen LogP) is 3.09. The van der Waals surface area contributed by atoms with E-state index in [-0.39, 0.29) is 11.7 Å². The number of para-hydroxylation sites is 1. The summed E-state index contributed by atoms with van der Waals surface area (Å²) in [5, 5.41) is 0. The fourth-order valence-corrected chi connectivity index (χ4v) is 3.44. The van der Waals surface area contributed by atoms with Gasteiger partial charge in [-0.2, -0.15) is 0 Å². The monoisotopic (exact) mass is 286 g/mol. The third-order valence-electron chi connectivity index (χ3n) is 4.73. The van der Waals surface area contributed by atoms with Gasteiger partial charge in [0, 0.05) is 0 Å². The lowest BCUT2D eigenvalue weighted by Crippen LogP contribution is -2.43. The van der Waals surface area contributed by atoms with Crippen LogP contribution in [0, 0.1) is 0 Å². The SMILES string of the molecule is NC(=O)c1cccc2oc(C3CCCC4(CCC4)O3)nc12. The van der Waals surface area contributed by atoms with Gasteiger partial charge in [-0.1, -0.05) is 6.07 Å². The highest BCUT2D eigenvalue weighted by molar-refractivity contribution is 6.03. The zero-order valence-electron chi connectivity index (χ0n) is 11.8. The molecule has 4 rings (SSSR count). The quantitative estimate of drug-likeness (QED) is 0.920. The van der Waals surface area contributed by atoms with Gasteiger partial charge in [0.15, 0.2) is 5.58 Å². The van der Waals surface area contributed by atoms with Gasteiger partial charge in [0.2, 0.25) is 5.89 Å². The molecule has 1 atom stereocenters. The van der Waals surface area contributed by atoms with Crippen LogP contribution >= 0.6 is 0 Å². The van der Waals surface area contributed by atoms with Gasteiger partial charge in [-0.3, -0.25) is 4.79 Å². The molecule has 1 spiro atoms. The molecule has 5 heteroatoms. The largest absolute Gasteiger partial charge is 0.438 e. The molecular formula is C16H18N2O3. The molecule has 2 heterocycles. The van der Waals surface area contributed by atoms with Crippen molar-refractivity contribution in [3.8, 4) is 0 Å². The van der Waals surface area contributed by atoms with E-state index in [4.69, 9.17) is 14.9 Å². The molecule has 2 aliphatic rings. The van der Waals surface area contributed by atoms with Gasteiger partial charge in [0.25, 0.3) is 5.91 Å². The van der Waals surface area contributed by atoms with E-state index in [0.717, 1.165) is 32.1 Å². The second-order valence-electron chi connectivity index (χ2n) is 6.10. The Balaban J connectivity index is 1.70. The number of primary amides is 1. The fourth-order valence-electron chi connectivity index (χ4n) is 3.44. The maximum absolute atomic E-state index is 11.5. The summed E-state index contributed by atoms with van der Waals surface area (Å²) in [6, 6.07) is 5.23. The summed E-state index contributed by atoms with van der Waals surface area (Å²) in [4.78, 5) is 16.0. The zero-order chi connectivity index (χ0) is 14.4. The van der Waals surface area contributed by atoms with Crippen LogP contribution in [-0.2, 0) is 4.74 Å². The van der Waals surface area contributed by atoms with Crippen molar-refractivity contribution in [2.45, 2.75) is 50.2 Å². The molecule has 1 unspecified atom stereocenters. The molecule has 0 bridgehead atoms. The third kappa shape index (κ3) is 2.03. The molecule has 1 aromatic carbocycles. The second kappa shape index (κ2) is 4.56. The van der Waals surface area contributed by atoms with Gasteiger partial charge < -0.3 is 14.9 Å². The summed E-state index contributed by atoms with van der Waals surface area (Å²) >= 11 is 0. The minimum absolute atomic E-state index is 0.0517. The Morgan fingerprint density at radius 1 is 1.29 bits per heavy atom. The minimum atomic E-state index is -0.486. The second-order valence-corrected chi connectivity index (χ2v) is 6.10. The number of rotatable bonds is 2. The zero-order valence-corrected chi connectivity index (χ0v) is 11.8. The standard InChI is InChI=1S/C16H18N2O3/c17-14(19)10-4-1-5-11-13(10)18-15(20-11)12-6-2-7-16(21-12)8-3-9-16/h1,4-5,12H,2-3,6-9H2,(H2,17,19). The number of ether oxygens (including phenoxy) is 1. The van der Waals surface area contributed by atoms with E-state index in [1.165, 1.54) is 6.42 Å². The van der Waals surface area contributed by atoms with E-state index < -0.39 is 5.91 Å². The van der Waals surface area contributed by atoms with Gasteiger partial charge >= 0.3 is 0 Å². The highest BCUT2D eigenvalue weighted by Gasteiger charge is 2.43. The van der Waals surface area contributed by atoms with Crippen molar-refractivity contribution in [1.29, 1.82) is 0 Å². The molecule has 21 heavy (non-hydrogen) atoms. The summed E-state index contributed by atoms with van der Waals surface area (Å²) in [6.45, 7) is 0. The Labute approximate surface area is 122 Å². The Hall–Kier alpha value is -1.88. The molecule has 1 aliphatic heterocycles. The highest BCUT2D eigenvalue weighted by atomic mass is 16.5. The van der Waals surface area contributed by atoms with E-state index in [1.54, 1.807) is 18.2 Å². The molecule has 1 aliphatic carbocycles. The average Bonchev–Trinajstić information content (AvgIpc) is 2.89. The van der Waals surface area contributed by atoms with Crippen molar-refractivity contribution in [1.82, 2.24) is 4.98 Å². The Bertz CT molecular complexity index is 703. The van der Waals surface area contributed by atoms with Crippen molar-refractivity contribution < 1.29 is 13.9 Å². The van der Waals surface area contributed by atoms with Crippen LogP contribution in [0.15, 0.2) is 22.6 Å². The number of oxazole rings is 1. The minimum Gasteiger partial charge on any atom is -0.438 e. The number of hydrogen-bond donors (Lipinski definition) is 1. The fraction of sp³-hybridized carbons (Fsp3) is 0.500. The number of nitrogens with two attached hydrogens (primary N) is 1. The molecule has 1 amide bonds. The summed E-state index contributed by atoms with van der Waals surface area (Å²) in [7, 11) is 0. The lowest BCUT2D eigenvalue weighted by molar-refractivity contribution is -0.177. The van der Waals surface area contributed by atoms with Crippen LogP contribution in [0.3, 0.4) is 0 Å². The topological polar surface area (TPSA) is 78.4 Å². The summed E-state index contributed by atoms with van der Waals surface area (Å²) < 4.78 is 12.1. The lowest BCUT2D eigenvalue weighted by Gasteiger charge is -2.46. The van der Waals surface area contributed by atoms with Crippen molar-refractivity contribution >= 4 is 17.0 Å². The van der Waals surface area contributed by atoms with Crippen molar-refractivity contribution in [2.24, 2.45) is 5.73 Å². The van der Waals surface area contributed by atoms with Crippen LogP contribution < -0.4 is 5.73 Å². The summed E-state index contributed by atoms with van der Waals surface area (Å²) in [5.74, 6) is 0.0881. The van der Waals surface area contributed by atoms with Crippen LogP contribution in [0.5, 0.6) is 0 Å². The van der Waals surface area contributed by atoms with Crippen LogP contribution in [0.1, 0.15) is 60.9 Å². The number of nitrogens with zero attached hydrogens (tertiary/aromatic N) is 1. The maximum atomic E-state index is 11.5. The van der Waals surface area contributed by atoms with Crippen LogP contribution in [0.4, 0.5) is 0 Å². The highest BCUT2D eigenvalue weighted by Crippen LogP contribution is 2.48. The van der Waals surface area contributed by atoms with Crippen molar-refractivity contribution in [2.75, 3.05) is 0 Å². The Kier molecular flexibility index (Phi) is 2.79. The van der Waals surface area contributed by atoms with Crippen LogP contribution in [-0.4, -0.2) is 16.5 Å². The molecule has 110 valence electrons. The lowest BCUT2D eigenvalue weighted by atomic mass is 9.74. The maximum Gasteiger partial charge on any atom is 0.251 e. The number of fused-ring (bicyclic) bond motifs is 1. The number of hydrogen-bond acceptors (Lipinski definition) is 4. The van der Waals surface area contributed by atoms with Crippen molar-refractivity contribution in [3.63, 3.8) is 0 Å². The van der Waals surface area contributed by atoms with Crippen LogP contribution in [0.2, 0.25) is 0 Å². The van der Waals surface area contributed by atoms with Gasteiger partial charge in [-0.15, -0.1) is 0 Å². The number of carbonyl (C=O) groups is 1. The third-order valence-corrected chi connectivity index (χ3v) is 4.73.